The molecule has 160 valence electrons. The topological polar surface area (TPSA) is 89.2 Å². The highest BCUT2D eigenvalue weighted by atomic mass is 32.2. The summed E-state index contributed by atoms with van der Waals surface area (Å²) in [5, 5.41) is 12.2. The largest absolute Gasteiger partial charge is 0.365 e. The van der Waals surface area contributed by atoms with Gasteiger partial charge in [-0.2, -0.15) is 4.52 Å². The summed E-state index contributed by atoms with van der Waals surface area (Å²) < 4.78 is 28.1. The summed E-state index contributed by atoms with van der Waals surface area (Å²) in [6, 6.07) is 22.5. The van der Waals surface area contributed by atoms with Crippen molar-refractivity contribution >= 4 is 32.2 Å². The fourth-order valence-corrected chi connectivity index (χ4v) is 4.81. The minimum absolute atomic E-state index is 0.162. The summed E-state index contributed by atoms with van der Waals surface area (Å²) >= 11 is 0. The van der Waals surface area contributed by atoms with Crippen LogP contribution in [-0.2, 0) is 16.4 Å². The first-order chi connectivity index (χ1) is 15.4. The van der Waals surface area contributed by atoms with E-state index in [0.717, 1.165) is 22.0 Å². The molecule has 0 aliphatic rings. The van der Waals surface area contributed by atoms with E-state index >= 15 is 0 Å². The van der Waals surface area contributed by atoms with E-state index in [0.29, 0.717) is 12.4 Å². The predicted octanol–water partition coefficient (Wildman–Crippen LogP) is 4.34. The Morgan fingerprint density at radius 3 is 2.25 bits per heavy atom. The van der Waals surface area contributed by atoms with Gasteiger partial charge >= 0.3 is 0 Å². The molecule has 0 saturated heterocycles. The zero-order valence-corrected chi connectivity index (χ0v) is 18.5. The van der Waals surface area contributed by atoms with Crippen LogP contribution < -0.4 is 5.32 Å². The number of nitrogens with one attached hydrogen (secondary N) is 1. The number of hydrogen-bond donors (Lipinski definition) is 1. The Kier molecular flexibility index (Phi) is 4.86. The predicted molar refractivity (Wildman–Crippen MR) is 123 cm³/mol. The van der Waals surface area contributed by atoms with Crippen molar-refractivity contribution in [2.45, 2.75) is 30.3 Å². The number of nitrogens with zero attached hydrogens (tertiary/aromatic N) is 4. The van der Waals surface area contributed by atoms with Gasteiger partial charge in [-0.3, -0.25) is 0 Å². The molecule has 0 aliphatic carbocycles. The molecule has 0 bridgehead atoms. The fraction of sp³-hybridized carbons (Fsp3) is 0.125. The number of fused-ring (bicyclic) bond motifs is 3. The molecule has 3 aromatic carbocycles. The van der Waals surface area contributed by atoms with Crippen molar-refractivity contribution in [2.75, 3.05) is 5.32 Å². The second-order valence-corrected chi connectivity index (χ2v) is 9.63. The maximum absolute atomic E-state index is 13.3. The summed E-state index contributed by atoms with van der Waals surface area (Å²) in [6.07, 6.45) is 0. The number of aromatic nitrogens is 4. The molecule has 8 heteroatoms. The van der Waals surface area contributed by atoms with E-state index in [1.165, 1.54) is 10.1 Å². The van der Waals surface area contributed by atoms with Crippen molar-refractivity contribution in [3.05, 3.63) is 89.5 Å². The minimum atomic E-state index is -3.88. The Morgan fingerprint density at radius 1 is 0.875 bits per heavy atom. The van der Waals surface area contributed by atoms with E-state index in [1.54, 1.807) is 24.3 Å². The summed E-state index contributed by atoms with van der Waals surface area (Å²) in [4.78, 5) is 4.81. The fourth-order valence-electron chi connectivity index (χ4n) is 3.57. The highest BCUT2D eigenvalue weighted by Crippen LogP contribution is 2.28. The zero-order chi connectivity index (χ0) is 22.3. The van der Waals surface area contributed by atoms with E-state index < -0.39 is 9.84 Å². The summed E-state index contributed by atoms with van der Waals surface area (Å²) in [5.41, 5.74) is 4.18. The Labute approximate surface area is 185 Å². The molecule has 1 N–H and O–H groups in total. The molecule has 5 aromatic rings. The van der Waals surface area contributed by atoms with E-state index in [1.807, 2.05) is 38.1 Å². The van der Waals surface area contributed by atoms with Gasteiger partial charge in [0.2, 0.25) is 14.9 Å². The summed E-state index contributed by atoms with van der Waals surface area (Å²) in [6.45, 7) is 4.50. The normalized spacial score (nSPS) is 11.8. The van der Waals surface area contributed by atoms with Crippen LogP contribution in [0.3, 0.4) is 0 Å². The molecule has 0 amide bonds. The second-order valence-electron chi connectivity index (χ2n) is 7.76. The van der Waals surface area contributed by atoms with Gasteiger partial charge in [-0.15, -0.1) is 5.10 Å². The third kappa shape index (κ3) is 3.48. The maximum atomic E-state index is 13.3. The molecule has 2 heterocycles. The highest BCUT2D eigenvalue weighted by molar-refractivity contribution is 7.91. The quantitative estimate of drug-likeness (QED) is 0.435. The lowest BCUT2D eigenvalue weighted by atomic mass is 10.1. The smallest absolute Gasteiger partial charge is 0.229 e. The van der Waals surface area contributed by atoms with Crippen molar-refractivity contribution in [3.8, 4) is 0 Å². The lowest BCUT2D eigenvalue weighted by Crippen LogP contribution is -2.07. The Hall–Kier alpha value is -3.78. The van der Waals surface area contributed by atoms with Crippen molar-refractivity contribution in [3.63, 3.8) is 0 Å². The first-order valence-corrected chi connectivity index (χ1v) is 11.7. The Morgan fingerprint density at radius 2 is 1.53 bits per heavy atom. The average Bonchev–Trinajstić information content (AvgIpc) is 3.24. The first-order valence-electron chi connectivity index (χ1n) is 10.2. The number of aryl methyl sites for hydroxylation is 2. The van der Waals surface area contributed by atoms with Gasteiger partial charge in [-0.05, 0) is 43.7 Å². The van der Waals surface area contributed by atoms with Crippen LogP contribution in [0.4, 0.5) is 5.82 Å². The third-order valence-corrected chi connectivity index (χ3v) is 7.05. The summed E-state index contributed by atoms with van der Waals surface area (Å²) in [7, 11) is -3.88. The number of sulfone groups is 1. The van der Waals surface area contributed by atoms with Crippen LogP contribution in [0, 0.1) is 13.8 Å². The zero-order valence-electron chi connectivity index (χ0n) is 17.6. The van der Waals surface area contributed by atoms with Crippen LogP contribution in [-0.4, -0.2) is 28.2 Å². The highest BCUT2D eigenvalue weighted by Gasteiger charge is 2.27. The van der Waals surface area contributed by atoms with E-state index in [9.17, 15) is 8.42 Å². The third-order valence-electron chi connectivity index (χ3n) is 5.39. The van der Waals surface area contributed by atoms with Gasteiger partial charge < -0.3 is 5.32 Å². The molecule has 5 rings (SSSR count). The molecule has 0 radical (unpaired) electrons. The number of para-hydroxylation sites is 1. The first kappa shape index (κ1) is 20.1. The van der Waals surface area contributed by atoms with Gasteiger partial charge in [0.15, 0.2) is 5.65 Å². The van der Waals surface area contributed by atoms with Crippen molar-refractivity contribution in [1.29, 1.82) is 0 Å². The standard InChI is InChI=1S/C24H21N5O2S/c1-16-7-11-18(12-8-16)15-25-22-20-5-3-4-6-21(20)29-23(26-22)24(27-28-29)32(30,31)19-13-9-17(2)10-14-19/h3-14H,15H2,1-2H3,(H,25,26). The molecule has 0 aliphatic heterocycles. The maximum Gasteiger partial charge on any atom is 0.229 e. The number of benzene rings is 3. The molecule has 0 saturated carbocycles. The average molecular weight is 444 g/mol. The molecule has 2 aromatic heterocycles. The Balaban J connectivity index is 1.64. The van der Waals surface area contributed by atoms with Crippen molar-refractivity contribution < 1.29 is 8.42 Å². The van der Waals surface area contributed by atoms with Crippen LogP contribution in [0.1, 0.15) is 16.7 Å². The van der Waals surface area contributed by atoms with Gasteiger partial charge in [-0.1, -0.05) is 64.9 Å². The van der Waals surface area contributed by atoms with E-state index in [-0.39, 0.29) is 15.6 Å². The molecule has 0 fully saturated rings. The van der Waals surface area contributed by atoms with Crippen molar-refractivity contribution in [2.24, 2.45) is 0 Å². The van der Waals surface area contributed by atoms with Crippen LogP contribution in [0.15, 0.2) is 82.7 Å². The molecule has 0 atom stereocenters. The van der Waals surface area contributed by atoms with E-state index in [4.69, 9.17) is 0 Å². The second kappa shape index (κ2) is 7.72. The molecular weight excluding hydrogens is 422 g/mol. The molecule has 7 nitrogen and oxygen atoms in total. The summed E-state index contributed by atoms with van der Waals surface area (Å²) in [5.74, 6) is 0.580. The van der Waals surface area contributed by atoms with Crippen LogP contribution in [0.5, 0.6) is 0 Å². The SMILES string of the molecule is Cc1ccc(CNc2nc3c(S(=O)(=O)c4ccc(C)cc4)nnn3c3ccccc23)cc1. The minimum Gasteiger partial charge on any atom is -0.365 e. The molecular formula is C24H21N5O2S. The lowest BCUT2D eigenvalue weighted by Gasteiger charge is -2.11. The van der Waals surface area contributed by atoms with E-state index in [2.05, 4.69) is 44.9 Å². The van der Waals surface area contributed by atoms with Crippen LogP contribution >= 0.6 is 0 Å². The van der Waals surface area contributed by atoms with Gasteiger partial charge in [0.25, 0.3) is 0 Å². The van der Waals surface area contributed by atoms with Gasteiger partial charge in [-0.25, -0.2) is 13.4 Å². The Bertz CT molecular complexity index is 1540. The number of hydrogen-bond acceptors (Lipinski definition) is 6. The molecule has 32 heavy (non-hydrogen) atoms. The lowest BCUT2D eigenvalue weighted by molar-refractivity contribution is 0.592. The molecule has 0 spiro atoms. The van der Waals surface area contributed by atoms with Crippen LogP contribution in [0.25, 0.3) is 16.6 Å². The van der Waals surface area contributed by atoms with Gasteiger partial charge in [0.05, 0.1) is 10.4 Å². The van der Waals surface area contributed by atoms with Crippen LogP contribution in [0.2, 0.25) is 0 Å². The van der Waals surface area contributed by atoms with Gasteiger partial charge in [0, 0.05) is 11.9 Å². The number of rotatable bonds is 5. The number of anilines is 1. The van der Waals surface area contributed by atoms with Crippen molar-refractivity contribution in [1.82, 2.24) is 19.8 Å². The van der Waals surface area contributed by atoms with Gasteiger partial charge in [0.1, 0.15) is 5.82 Å². The molecule has 0 unspecified atom stereocenters. The monoisotopic (exact) mass is 443 g/mol.